The highest BCUT2D eigenvalue weighted by atomic mass is 16.4. The summed E-state index contributed by atoms with van der Waals surface area (Å²) in [6, 6.07) is 8.85. The molecule has 0 radical (unpaired) electrons. The number of rotatable bonds is 2. The Morgan fingerprint density at radius 2 is 2.06 bits per heavy atom. The molecule has 2 aromatic heterocycles. The maximum Gasteiger partial charge on any atom is 0.295 e. The molecule has 18 heavy (non-hydrogen) atoms. The van der Waals surface area contributed by atoms with Crippen molar-refractivity contribution >= 4 is 16.9 Å². The normalized spacial score (nSPS) is 11.1. The van der Waals surface area contributed by atoms with Crippen LogP contribution in [0.2, 0.25) is 0 Å². The first-order valence-corrected chi connectivity index (χ1v) is 5.90. The number of fused-ring (bicyclic) bond motifs is 1. The van der Waals surface area contributed by atoms with Crippen molar-refractivity contribution < 1.29 is 4.42 Å². The van der Waals surface area contributed by atoms with Crippen molar-refractivity contribution in [2.24, 2.45) is 7.05 Å². The van der Waals surface area contributed by atoms with Gasteiger partial charge in [-0.2, -0.15) is 4.98 Å². The molecule has 1 aromatic carbocycles. The standard InChI is InChI=1S/C14H15N3O/c1-9-13(16-14(15-2)18-9)11-8-17(3)12-7-5-4-6-10(11)12/h4-8H,1-3H3,(H,15,16). The molecule has 0 saturated carbocycles. The molecule has 0 unspecified atom stereocenters. The van der Waals surface area contributed by atoms with Gasteiger partial charge < -0.3 is 14.3 Å². The van der Waals surface area contributed by atoms with E-state index in [4.69, 9.17) is 4.42 Å². The van der Waals surface area contributed by atoms with Gasteiger partial charge in [0, 0.05) is 36.8 Å². The minimum atomic E-state index is 0.551. The van der Waals surface area contributed by atoms with Gasteiger partial charge >= 0.3 is 0 Å². The summed E-state index contributed by atoms with van der Waals surface area (Å²) in [6.07, 6.45) is 2.09. The molecule has 2 heterocycles. The third-order valence-corrected chi connectivity index (χ3v) is 3.16. The van der Waals surface area contributed by atoms with Gasteiger partial charge in [-0.05, 0) is 13.0 Å². The van der Waals surface area contributed by atoms with Crippen LogP contribution in [0.25, 0.3) is 22.2 Å². The van der Waals surface area contributed by atoms with Crippen LogP contribution in [0.5, 0.6) is 0 Å². The summed E-state index contributed by atoms with van der Waals surface area (Å²) in [4.78, 5) is 4.47. The number of hydrogen-bond acceptors (Lipinski definition) is 3. The zero-order valence-corrected chi connectivity index (χ0v) is 10.7. The van der Waals surface area contributed by atoms with Crippen molar-refractivity contribution in [2.45, 2.75) is 6.92 Å². The van der Waals surface area contributed by atoms with Crippen molar-refractivity contribution in [1.29, 1.82) is 0 Å². The molecule has 1 N–H and O–H groups in total. The number of nitrogens with one attached hydrogen (secondary N) is 1. The highest BCUT2D eigenvalue weighted by Gasteiger charge is 2.15. The summed E-state index contributed by atoms with van der Waals surface area (Å²) in [5.41, 5.74) is 3.20. The van der Waals surface area contributed by atoms with Crippen LogP contribution in [-0.2, 0) is 7.05 Å². The molecule has 3 rings (SSSR count). The maximum atomic E-state index is 5.54. The largest absolute Gasteiger partial charge is 0.428 e. The molecule has 0 atom stereocenters. The monoisotopic (exact) mass is 241 g/mol. The van der Waals surface area contributed by atoms with Crippen LogP contribution in [0.1, 0.15) is 5.76 Å². The second-order valence-corrected chi connectivity index (χ2v) is 4.34. The molecule has 0 bridgehead atoms. The number of benzene rings is 1. The van der Waals surface area contributed by atoms with Gasteiger partial charge in [0.15, 0.2) is 0 Å². The number of oxazole rings is 1. The second kappa shape index (κ2) is 3.91. The van der Waals surface area contributed by atoms with E-state index in [1.165, 1.54) is 10.9 Å². The van der Waals surface area contributed by atoms with Crippen LogP contribution in [0.3, 0.4) is 0 Å². The Kier molecular flexibility index (Phi) is 2.37. The van der Waals surface area contributed by atoms with E-state index in [0.717, 1.165) is 17.0 Å². The lowest BCUT2D eigenvalue weighted by atomic mass is 10.1. The fourth-order valence-electron chi connectivity index (χ4n) is 2.28. The third kappa shape index (κ3) is 1.49. The summed E-state index contributed by atoms with van der Waals surface area (Å²) in [7, 11) is 3.85. The van der Waals surface area contributed by atoms with Gasteiger partial charge in [-0.25, -0.2) is 0 Å². The molecule has 4 heteroatoms. The highest BCUT2D eigenvalue weighted by Crippen LogP contribution is 2.32. The Morgan fingerprint density at radius 3 is 2.78 bits per heavy atom. The lowest BCUT2D eigenvalue weighted by Crippen LogP contribution is -1.86. The molecule has 0 spiro atoms. The average Bonchev–Trinajstić information content (AvgIpc) is 2.91. The van der Waals surface area contributed by atoms with Gasteiger partial charge in [0.1, 0.15) is 11.5 Å². The summed E-state index contributed by atoms with van der Waals surface area (Å²) >= 11 is 0. The minimum absolute atomic E-state index is 0.551. The van der Waals surface area contributed by atoms with E-state index >= 15 is 0 Å². The van der Waals surface area contributed by atoms with E-state index < -0.39 is 0 Å². The molecule has 92 valence electrons. The molecule has 0 aliphatic rings. The fourth-order valence-corrected chi connectivity index (χ4v) is 2.28. The van der Waals surface area contributed by atoms with Crippen molar-refractivity contribution in [3.63, 3.8) is 0 Å². The quantitative estimate of drug-likeness (QED) is 0.749. The van der Waals surface area contributed by atoms with Crippen LogP contribution in [0, 0.1) is 6.92 Å². The zero-order valence-electron chi connectivity index (χ0n) is 10.7. The first-order valence-electron chi connectivity index (χ1n) is 5.90. The van der Waals surface area contributed by atoms with Gasteiger partial charge in [-0.3, -0.25) is 0 Å². The summed E-state index contributed by atoms with van der Waals surface area (Å²) in [6.45, 7) is 1.94. The van der Waals surface area contributed by atoms with E-state index in [0.29, 0.717) is 6.01 Å². The number of nitrogens with zero attached hydrogens (tertiary/aromatic N) is 2. The molecule has 3 aromatic rings. The van der Waals surface area contributed by atoms with Crippen LogP contribution < -0.4 is 5.32 Å². The van der Waals surface area contributed by atoms with Gasteiger partial charge in [0.25, 0.3) is 6.01 Å². The first-order chi connectivity index (χ1) is 8.70. The van der Waals surface area contributed by atoms with E-state index in [1.807, 2.05) is 26.1 Å². The molecular formula is C14H15N3O. The van der Waals surface area contributed by atoms with Gasteiger partial charge in [-0.15, -0.1) is 0 Å². The predicted octanol–water partition coefficient (Wildman–Crippen LogP) is 3.18. The predicted molar refractivity (Wildman–Crippen MR) is 72.7 cm³/mol. The number of anilines is 1. The highest BCUT2D eigenvalue weighted by molar-refractivity contribution is 5.95. The summed E-state index contributed by atoms with van der Waals surface area (Å²) in [5.74, 6) is 0.829. The Hall–Kier alpha value is -2.23. The number of aryl methyl sites for hydroxylation is 2. The lowest BCUT2D eigenvalue weighted by molar-refractivity contribution is 0.544. The molecule has 0 aliphatic heterocycles. The molecule has 0 amide bonds. The Balaban J connectivity index is 2.28. The average molecular weight is 241 g/mol. The van der Waals surface area contributed by atoms with E-state index in [-0.39, 0.29) is 0 Å². The smallest absolute Gasteiger partial charge is 0.295 e. The van der Waals surface area contributed by atoms with Crippen LogP contribution in [-0.4, -0.2) is 16.6 Å². The third-order valence-electron chi connectivity index (χ3n) is 3.16. The molecule has 0 saturated heterocycles. The van der Waals surface area contributed by atoms with Gasteiger partial charge in [0.2, 0.25) is 0 Å². The zero-order chi connectivity index (χ0) is 12.7. The van der Waals surface area contributed by atoms with E-state index in [9.17, 15) is 0 Å². The maximum absolute atomic E-state index is 5.54. The fraction of sp³-hybridized carbons (Fsp3) is 0.214. The van der Waals surface area contributed by atoms with Crippen LogP contribution in [0.4, 0.5) is 6.01 Å². The minimum Gasteiger partial charge on any atom is -0.428 e. The van der Waals surface area contributed by atoms with Crippen molar-refractivity contribution in [3.8, 4) is 11.3 Å². The molecular weight excluding hydrogens is 226 g/mol. The first kappa shape index (κ1) is 10.9. The van der Waals surface area contributed by atoms with E-state index in [2.05, 4.69) is 33.2 Å². The van der Waals surface area contributed by atoms with Crippen LogP contribution >= 0.6 is 0 Å². The molecule has 0 aliphatic carbocycles. The van der Waals surface area contributed by atoms with Gasteiger partial charge in [-0.1, -0.05) is 18.2 Å². The van der Waals surface area contributed by atoms with Crippen molar-refractivity contribution in [3.05, 3.63) is 36.2 Å². The number of para-hydroxylation sites is 1. The Labute approximate surface area is 105 Å². The summed E-state index contributed by atoms with van der Waals surface area (Å²) in [5, 5.41) is 4.12. The van der Waals surface area contributed by atoms with Crippen LogP contribution in [0.15, 0.2) is 34.9 Å². The topological polar surface area (TPSA) is 43.0 Å². The number of aromatic nitrogens is 2. The Morgan fingerprint density at radius 1 is 1.28 bits per heavy atom. The molecule has 4 nitrogen and oxygen atoms in total. The lowest BCUT2D eigenvalue weighted by Gasteiger charge is -1.94. The van der Waals surface area contributed by atoms with Crippen molar-refractivity contribution in [2.75, 3.05) is 12.4 Å². The number of hydrogen-bond donors (Lipinski definition) is 1. The van der Waals surface area contributed by atoms with Gasteiger partial charge in [0.05, 0.1) is 0 Å². The molecule has 0 fully saturated rings. The Bertz CT molecular complexity index is 709. The SMILES string of the molecule is CNc1nc(-c2cn(C)c3ccccc23)c(C)o1. The second-order valence-electron chi connectivity index (χ2n) is 4.34. The van der Waals surface area contributed by atoms with Crippen molar-refractivity contribution in [1.82, 2.24) is 9.55 Å². The summed E-state index contributed by atoms with van der Waals surface area (Å²) < 4.78 is 7.65. The van der Waals surface area contributed by atoms with E-state index in [1.54, 1.807) is 7.05 Å².